The molecule has 0 aliphatic heterocycles. The lowest BCUT2D eigenvalue weighted by Gasteiger charge is -2.31. The summed E-state index contributed by atoms with van der Waals surface area (Å²) >= 11 is 16.6. The molecule has 17 heavy (non-hydrogen) atoms. The fourth-order valence-electron chi connectivity index (χ4n) is 1.85. The first kappa shape index (κ1) is 15.2. The Labute approximate surface area is 116 Å². The average Bonchev–Trinajstić information content (AvgIpc) is 2.27. The standard InChI is InChI=1S/C10H17Cl3N2O2/c1-15(8(16)10(11,12)13)9(17)14-7-5-3-2-4-6-7/h7-8,16H,2-6H2,1H3,(H,14,17). The van der Waals surface area contributed by atoms with Gasteiger partial charge in [0.2, 0.25) is 3.79 Å². The second-order valence-electron chi connectivity index (χ2n) is 4.31. The van der Waals surface area contributed by atoms with Crippen molar-refractivity contribution in [2.75, 3.05) is 7.05 Å². The summed E-state index contributed by atoms with van der Waals surface area (Å²) in [6.45, 7) is 0. The Hall–Kier alpha value is 0.1000. The van der Waals surface area contributed by atoms with Crippen molar-refractivity contribution in [3.8, 4) is 0 Å². The molecule has 1 fully saturated rings. The summed E-state index contributed by atoms with van der Waals surface area (Å²) in [5, 5.41) is 12.4. The van der Waals surface area contributed by atoms with Gasteiger partial charge in [-0.3, -0.25) is 4.90 Å². The molecule has 1 unspecified atom stereocenters. The second kappa shape index (κ2) is 6.32. The minimum atomic E-state index is -1.90. The van der Waals surface area contributed by atoms with E-state index in [2.05, 4.69) is 5.32 Å². The van der Waals surface area contributed by atoms with Gasteiger partial charge in [0.15, 0.2) is 6.23 Å². The van der Waals surface area contributed by atoms with E-state index in [-0.39, 0.29) is 6.04 Å². The van der Waals surface area contributed by atoms with Crippen molar-refractivity contribution in [1.29, 1.82) is 0 Å². The SMILES string of the molecule is CN(C(=O)NC1CCCCC1)C(O)C(Cl)(Cl)Cl. The summed E-state index contributed by atoms with van der Waals surface area (Å²) in [5.41, 5.74) is 0. The molecule has 1 atom stereocenters. The van der Waals surface area contributed by atoms with Crippen molar-refractivity contribution in [2.45, 2.75) is 48.2 Å². The van der Waals surface area contributed by atoms with Crippen LogP contribution in [0.5, 0.6) is 0 Å². The van der Waals surface area contributed by atoms with Gasteiger partial charge < -0.3 is 10.4 Å². The molecular formula is C10H17Cl3N2O2. The first-order chi connectivity index (χ1) is 7.82. The van der Waals surface area contributed by atoms with E-state index in [1.54, 1.807) is 0 Å². The number of aliphatic hydroxyl groups excluding tert-OH is 1. The number of hydrogen-bond acceptors (Lipinski definition) is 2. The summed E-state index contributed by atoms with van der Waals surface area (Å²) < 4.78 is -1.90. The van der Waals surface area contributed by atoms with Gasteiger partial charge in [-0.05, 0) is 12.8 Å². The van der Waals surface area contributed by atoms with Crippen molar-refractivity contribution in [1.82, 2.24) is 10.2 Å². The zero-order valence-corrected chi connectivity index (χ0v) is 11.9. The Bertz CT molecular complexity index is 265. The van der Waals surface area contributed by atoms with E-state index in [4.69, 9.17) is 34.8 Å². The molecule has 1 saturated carbocycles. The first-order valence-corrected chi connectivity index (χ1v) is 6.74. The number of amides is 2. The Balaban J connectivity index is 2.46. The summed E-state index contributed by atoms with van der Waals surface area (Å²) in [4.78, 5) is 12.8. The van der Waals surface area contributed by atoms with Crippen LogP contribution >= 0.6 is 34.8 Å². The minimum absolute atomic E-state index is 0.154. The fourth-order valence-corrected chi connectivity index (χ4v) is 2.29. The molecule has 1 aliphatic rings. The van der Waals surface area contributed by atoms with Crippen LogP contribution in [0.3, 0.4) is 0 Å². The normalized spacial score (nSPS) is 19.8. The van der Waals surface area contributed by atoms with Gasteiger partial charge in [-0.1, -0.05) is 54.1 Å². The maximum atomic E-state index is 11.8. The lowest BCUT2D eigenvalue weighted by molar-refractivity contribution is 0.0483. The first-order valence-electron chi connectivity index (χ1n) is 5.60. The summed E-state index contributed by atoms with van der Waals surface area (Å²) in [6.07, 6.45) is 3.89. The molecule has 0 heterocycles. The monoisotopic (exact) mass is 302 g/mol. The predicted octanol–water partition coefficient (Wildman–Crippen LogP) is 2.65. The van der Waals surface area contributed by atoms with Crippen LogP contribution < -0.4 is 5.32 Å². The van der Waals surface area contributed by atoms with Gasteiger partial charge in [0, 0.05) is 13.1 Å². The van der Waals surface area contributed by atoms with Crippen molar-refractivity contribution in [3.05, 3.63) is 0 Å². The second-order valence-corrected chi connectivity index (χ2v) is 6.68. The molecule has 2 N–H and O–H groups in total. The number of carbonyl (C=O) groups excluding carboxylic acids is 1. The average molecular weight is 304 g/mol. The van der Waals surface area contributed by atoms with Crippen LogP contribution in [0.1, 0.15) is 32.1 Å². The quantitative estimate of drug-likeness (QED) is 0.609. The van der Waals surface area contributed by atoms with E-state index in [0.717, 1.165) is 30.6 Å². The van der Waals surface area contributed by atoms with Crippen LogP contribution in [0, 0.1) is 0 Å². The number of rotatable bonds is 2. The number of aliphatic hydroxyl groups is 1. The number of alkyl halides is 3. The highest BCUT2D eigenvalue weighted by molar-refractivity contribution is 6.68. The van der Waals surface area contributed by atoms with E-state index >= 15 is 0 Å². The molecule has 0 aromatic carbocycles. The molecule has 2 amide bonds. The molecule has 1 aliphatic carbocycles. The smallest absolute Gasteiger partial charge is 0.319 e. The van der Waals surface area contributed by atoms with Crippen LogP contribution in [0.2, 0.25) is 0 Å². The van der Waals surface area contributed by atoms with Crippen LogP contribution in [-0.2, 0) is 0 Å². The van der Waals surface area contributed by atoms with E-state index in [1.165, 1.54) is 13.5 Å². The molecule has 7 heteroatoms. The van der Waals surface area contributed by atoms with Crippen LogP contribution in [0.15, 0.2) is 0 Å². The molecular weight excluding hydrogens is 286 g/mol. The van der Waals surface area contributed by atoms with Crippen LogP contribution in [0.4, 0.5) is 4.79 Å². The lowest BCUT2D eigenvalue weighted by Crippen LogP contribution is -2.51. The molecule has 1 rings (SSSR count). The molecule has 0 bridgehead atoms. The zero-order valence-electron chi connectivity index (χ0n) is 9.63. The molecule has 0 aromatic heterocycles. The van der Waals surface area contributed by atoms with E-state index in [9.17, 15) is 9.90 Å². The molecule has 0 spiro atoms. The zero-order chi connectivity index (χ0) is 13.1. The Kier molecular flexibility index (Phi) is 5.64. The van der Waals surface area contributed by atoms with E-state index in [1.807, 2.05) is 0 Å². The minimum Gasteiger partial charge on any atom is -0.369 e. The number of nitrogens with zero attached hydrogens (tertiary/aromatic N) is 1. The van der Waals surface area contributed by atoms with Gasteiger partial charge in [0.25, 0.3) is 0 Å². The molecule has 0 aromatic rings. The Morgan fingerprint density at radius 2 is 1.88 bits per heavy atom. The maximum Gasteiger partial charge on any atom is 0.319 e. The predicted molar refractivity (Wildman–Crippen MR) is 69.5 cm³/mol. The van der Waals surface area contributed by atoms with E-state index in [0.29, 0.717) is 0 Å². The number of nitrogens with one attached hydrogen (secondary N) is 1. The third kappa shape index (κ3) is 4.70. The summed E-state index contributed by atoms with van der Waals surface area (Å²) in [7, 11) is 1.39. The number of carbonyl (C=O) groups is 1. The molecule has 0 saturated heterocycles. The highest BCUT2D eigenvalue weighted by atomic mass is 35.6. The van der Waals surface area contributed by atoms with Gasteiger partial charge in [-0.2, -0.15) is 0 Å². The largest absolute Gasteiger partial charge is 0.369 e. The van der Waals surface area contributed by atoms with Gasteiger partial charge in [0.05, 0.1) is 0 Å². The van der Waals surface area contributed by atoms with Crippen LogP contribution in [-0.4, -0.2) is 39.1 Å². The molecule has 0 radical (unpaired) electrons. The number of hydrogen-bond donors (Lipinski definition) is 2. The van der Waals surface area contributed by atoms with Gasteiger partial charge in [0.1, 0.15) is 0 Å². The van der Waals surface area contributed by atoms with Gasteiger partial charge >= 0.3 is 6.03 Å². The van der Waals surface area contributed by atoms with Crippen molar-refractivity contribution in [3.63, 3.8) is 0 Å². The fraction of sp³-hybridized carbons (Fsp3) is 0.900. The van der Waals surface area contributed by atoms with Gasteiger partial charge in [-0.15, -0.1) is 0 Å². The van der Waals surface area contributed by atoms with E-state index < -0.39 is 16.1 Å². The summed E-state index contributed by atoms with van der Waals surface area (Å²) in [6, 6.07) is -0.267. The molecule has 100 valence electrons. The van der Waals surface area contributed by atoms with Crippen molar-refractivity contribution < 1.29 is 9.90 Å². The number of halogens is 3. The topological polar surface area (TPSA) is 52.6 Å². The lowest BCUT2D eigenvalue weighted by atomic mass is 9.96. The third-order valence-corrected chi connectivity index (χ3v) is 3.50. The Morgan fingerprint density at radius 1 is 1.35 bits per heavy atom. The highest BCUT2D eigenvalue weighted by Crippen LogP contribution is 2.31. The van der Waals surface area contributed by atoms with Crippen molar-refractivity contribution >= 4 is 40.8 Å². The number of urea groups is 1. The third-order valence-electron chi connectivity index (χ3n) is 2.91. The highest BCUT2D eigenvalue weighted by Gasteiger charge is 2.36. The maximum absolute atomic E-state index is 11.8. The van der Waals surface area contributed by atoms with Gasteiger partial charge in [-0.25, -0.2) is 4.79 Å². The Morgan fingerprint density at radius 3 is 2.35 bits per heavy atom. The summed E-state index contributed by atoms with van der Waals surface area (Å²) in [5.74, 6) is 0. The molecule has 4 nitrogen and oxygen atoms in total. The van der Waals surface area contributed by atoms with Crippen LogP contribution in [0.25, 0.3) is 0 Å². The van der Waals surface area contributed by atoms with Crippen molar-refractivity contribution in [2.24, 2.45) is 0 Å².